The van der Waals surface area contributed by atoms with Crippen LogP contribution in [0.25, 0.3) is 0 Å². The van der Waals surface area contributed by atoms with Crippen molar-refractivity contribution in [2.75, 3.05) is 19.7 Å². The lowest BCUT2D eigenvalue weighted by Gasteiger charge is -2.49. The van der Waals surface area contributed by atoms with Crippen LogP contribution in [-0.4, -0.2) is 50.6 Å². The van der Waals surface area contributed by atoms with Crippen LogP contribution in [0.5, 0.6) is 0 Å². The monoisotopic (exact) mass is 466 g/mol. The van der Waals surface area contributed by atoms with Gasteiger partial charge in [-0.25, -0.2) is 13.1 Å². The lowest BCUT2D eigenvalue weighted by Crippen LogP contribution is -2.55. The third-order valence-corrected chi connectivity index (χ3v) is 9.41. The number of piperidine rings is 1. The molecule has 5 nitrogen and oxygen atoms in total. The van der Waals surface area contributed by atoms with E-state index in [1.165, 1.54) is 15.3 Å². The number of alkyl halides is 3. The molecule has 10 heteroatoms. The standard InChI is InChI=1S/C20H29F3N2O3S2/c1-3-16-10-17-18(29-16)4-7-28-19(17)5-6-25(13(2)11-19)12-14-8-15(9-14)24-30(26,27)20(21,22)23/h10,13-15,24H,3-9,11-12H2,1-2H3/t13-,14?,15?,19+/m0/s1. The van der Waals surface area contributed by atoms with Gasteiger partial charge >= 0.3 is 15.5 Å². The van der Waals surface area contributed by atoms with Gasteiger partial charge < -0.3 is 9.64 Å². The summed E-state index contributed by atoms with van der Waals surface area (Å²) in [4.78, 5) is 5.24. The zero-order valence-electron chi connectivity index (χ0n) is 17.3. The van der Waals surface area contributed by atoms with Crippen LogP contribution < -0.4 is 4.72 Å². The Morgan fingerprint density at radius 3 is 2.73 bits per heavy atom. The zero-order valence-corrected chi connectivity index (χ0v) is 18.9. The number of nitrogens with one attached hydrogen (secondary N) is 1. The number of hydrogen-bond acceptors (Lipinski definition) is 5. The number of thiophene rings is 1. The summed E-state index contributed by atoms with van der Waals surface area (Å²) in [5.41, 5.74) is -4.09. The van der Waals surface area contributed by atoms with Crippen molar-refractivity contribution in [1.29, 1.82) is 0 Å². The average molecular weight is 467 g/mol. The second kappa shape index (κ2) is 8.03. The van der Waals surface area contributed by atoms with Gasteiger partial charge in [0.15, 0.2) is 0 Å². The van der Waals surface area contributed by atoms with Crippen molar-refractivity contribution in [3.63, 3.8) is 0 Å². The molecule has 1 aromatic rings. The van der Waals surface area contributed by atoms with E-state index in [2.05, 4.69) is 24.8 Å². The first-order valence-electron chi connectivity index (χ1n) is 10.6. The summed E-state index contributed by atoms with van der Waals surface area (Å²) in [6.07, 6.45) is 4.76. The molecule has 1 aromatic heterocycles. The van der Waals surface area contributed by atoms with E-state index < -0.39 is 21.6 Å². The van der Waals surface area contributed by atoms with Crippen molar-refractivity contribution in [2.45, 2.75) is 75.6 Å². The fourth-order valence-corrected chi connectivity index (χ4v) is 7.09. The van der Waals surface area contributed by atoms with E-state index in [4.69, 9.17) is 4.74 Å². The summed E-state index contributed by atoms with van der Waals surface area (Å²) in [5.74, 6) is 0.220. The van der Waals surface area contributed by atoms with Gasteiger partial charge in [0.1, 0.15) is 0 Å². The molecule has 1 aliphatic carbocycles. The second-order valence-corrected chi connectivity index (χ2v) is 11.8. The Labute approximate surface area is 180 Å². The van der Waals surface area contributed by atoms with Gasteiger partial charge in [0.05, 0.1) is 12.2 Å². The van der Waals surface area contributed by atoms with Crippen LogP contribution in [0.2, 0.25) is 0 Å². The third kappa shape index (κ3) is 4.18. The van der Waals surface area contributed by atoms with Crippen LogP contribution in [0.3, 0.4) is 0 Å². The summed E-state index contributed by atoms with van der Waals surface area (Å²) in [6.45, 7) is 6.80. The highest BCUT2D eigenvalue weighted by molar-refractivity contribution is 7.90. The van der Waals surface area contributed by atoms with E-state index in [1.54, 1.807) is 4.72 Å². The summed E-state index contributed by atoms with van der Waals surface area (Å²) in [6, 6.07) is 2.02. The van der Waals surface area contributed by atoms with Gasteiger partial charge in [-0.05, 0) is 56.6 Å². The first kappa shape index (κ1) is 22.5. The fourth-order valence-electron chi connectivity index (χ4n) is 5.15. The minimum atomic E-state index is -5.25. The normalized spacial score (nSPS) is 32.8. The minimum Gasteiger partial charge on any atom is -0.370 e. The number of hydrogen-bond donors (Lipinski definition) is 1. The topological polar surface area (TPSA) is 58.6 Å². The third-order valence-electron chi connectivity index (χ3n) is 6.81. The van der Waals surface area contributed by atoms with Crippen LogP contribution in [0.1, 0.15) is 54.8 Å². The lowest BCUT2D eigenvalue weighted by atomic mass is 9.77. The largest absolute Gasteiger partial charge is 0.511 e. The predicted molar refractivity (Wildman–Crippen MR) is 110 cm³/mol. The molecule has 0 unspecified atom stereocenters. The van der Waals surface area contributed by atoms with E-state index in [1.807, 2.05) is 11.3 Å². The van der Waals surface area contributed by atoms with Crippen LogP contribution >= 0.6 is 11.3 Å². The molecule has 1 saturated heterocycles. The van der Waals surface area contributed by atoms with Crippen molar-refractivity contribution >= 4 is 21.4 Å². The van der Waals surface area contributed by atoms with E-state index in [-0.39, 0.29) is 11.5 Å². The molecule has 0 radical (unpaired) electrons. The maximum atomic E-state index is 12.5. The second-order valence-electron chi connectivity index (χ2n) is 8.90. The minimum absolute atomic E-state index is 0.210. The van der Waals surface area contributed by atoms with E-state index in [0.29, 0.717) is 18.9 Å². The van der Waals surface area contributed by atoms with E-state index in [0.717, 1.165) is 45.4 Å². The Bertz CT molecular complexity index is 880. The number of aryl methyl sites for hydroxylation is 1. The van der Waals surface area contributed by atoms with Gasteiger partial charge in [0.25, 0.3) is 0 Å². The maximum Gasteiger partial charge on any atom is 0.511 e. The number of fused-ring (bicyclic) bond motifs is 2. The Morgan fingerprint density at radius 1 is 1.37 bits per heavy atom. The Morgan fingerprint density at radius 2 is 2.10 bits per heavy atom. The van der Waals surface area contributed by atoms with Gasteiger partial charge in [-0.1, -0.05) is 6.92 Å². The molecule has 2 atom stereocenters. The summed E-state index contributed by atoms with van der Waals surface area (Å²) >= 11 is 1.90. The Hall–Kier alpha value is -0.680. The Balaban J connectivity index is 1.32. The van der Waals surface area contributed by atoms with Crippen molar-refractivity contribution in [2.24, 2.45) is 5.92 Å². The molecule has 2 fully saturated rings. The molecule has 1 N–H and O–H groups in total. The molecule has 3 aliphatic rings. The smallest absolute Gasteiger partial charge is 0.370 e. The first-order valence-corrected chi connectivity index (χ1v) is 12.9. The maximum absolute atomic E-state index is 12.5. The van der Waals surface area contributed by atoms with Crippen LogP contribution in [0.15, 0.2) is 6.07 Å². The highest BCUT2D eigenvalue weighted by atomic mass is 32.2. The highest BCUT2D eigenvalue weighted by Crippen LogP contribution is 2.46. The van der Waals surface area contributed by atoms with Crippen molar-refractivity contribution in [3.05, 3.63) is 21.4 Å². The summed E-state index contributed by atoms with van der Waals surface area (Å²) in [7, 11) is -5.25. The van der Waals surface area contributed by atoms with Crippen LogP contribution in [0.4, 0.5) is 13.2 Å². The molecule has 30 heavy (non-hydrogen) atoms. The molecule has 2 aliphatic heterocycles. The number of halogens is 3. The van der Waals surface area contributed by atoms with Gasteiger partial charge in [-0.3, -0.25) is 0 Å². The van der Waals surface area contributed by atoms with E-state index in [9.17, 15) is 21.6 Å². The molecular formula is C20H29F3N2O3S2. The number of nitrogens with zero attached hydrogens (tertiary/aromatic N) is 1. The predicted octanol–water partition coefficient (Wildman–Crippen LogP) is 3.78. The van der Waals surface area contributed by atoms with E-state index >= 15 is 0 Å². The molecule has 1 saturated carbocycles. The number of rotatable bonds is 5. The van der Waals surface area contributed by atoms with Crippen molar-refractivity contribution in [1.82, 2.24) is 9.62 Å². The number of sulfonamides is 1. The molecule has 170 valence electrons. The first-order chi connectivity index (χ1) is 14.0. The Kier molecular flexibility index (Phi) is 6.02. The molecule has 3 heterocycles. The van der Waals surface area contributed by atoms with Gasteiger partial charge in [0.2, 0.25) is 0 Å². The molecule has 0 bridgehead atoms. The van der Waals surface area contributed by atoms with Crippen molar-refractivity contribution < 1.29 is 26.3 Å². The summed E-state index contributed by atoms with van der Waals surface area (Å²) in [5, 5.41) is 0. The van der Waals surface area contributed by atoms with Crippen LogP contribution in [0, 0.1) is 5.92 Å². The number of likely N-dealkylation sites (tertiary alicyclic amines) is 1. The highest BCUT2D eigenvalue weighted by Gasteiger charge is 2.49. The molecular weight excluding hydrogens is 437 g/mol. The van der Waals surface area contributed by atoms with Crippen molar-refractivity contribution in [3.8, 4) is 0 Å². The molecule has 0 amide bonds. The van der Waals surface area contributed by atoms with Gasteiger partial charge in [-0.15, -0.1) is 11.3 Å². The SMILES string of the molecule is CCc1cc2c(s1)CCO[C@@]21CCN(CC2CC(NS(=O)(=O)C(F)(F)F)C2)[C@@H](C)C1. The zero-order chi connectivity index (χ0) is 21.7. The summed E-state index contributed by atoms with van der Waals surface area (Å²) < 4.78 is 68.1. The van der Waals surface area contributed by atoms with Gasteiger partial charge in [0, 0.05) is 41.3 Å². The van der Waals surface area contributed by atoms with Gasteiger partial charge in [-0.2, -0.15) is 13.2 Å². The molecule has 0 aromatic carbocycles. The van der Waals surface area contributed by atoms with Crippen LogP contribution in [-0.2, 0) is 33.2 Å². The lowest BCUT2D eigenvalue weighted by molar-refractivity contribution is -0.114. The molecule has 1 spiro atoms. The average Bonchev–Trinajstić information content (AvgIpc) is 3.06. The quantitative estimate of drug-likeness (QED) is 0.718. The molecule has 4 rings (SSSR count). The number of ether oxygens (including phenoxy) is 1. The fraction of sp³-hybridized carbons (Fsp3) is 0.800.